The number of ether oxygens (including phenoxy) is 1. The molecule has 0 aliphatic rings. The molecule has 0 aliphatic heterocycles. The van der Waals surface area contributed by atoms with Crippen LogP contribution >= 0.6 is 15.9 Å². The van der Waals surface area contributed by atoms with Gasteiger partial charge in [-0.2, -0.15) is 0 Å². The highest BCUT2D eigenvalue weighted by Crippen LogP contribution is 2.15. The van der Waals surface area contributed by atoms with Gasteiger partial charge in [-0.25, -0.2) is 4.79 Å². The van der Waals surface area contributed by atoms with Crippen LogP contribution in [0.1, 0.15) is 18.6 Å². The van der Waals surface area contributed by atoms with E-state index in [-0.39, 0.29) is 6.61 Å². The number of aliphatic hydroxyl groups excluding tert-OH is 1. The molecule has 0 fully saturated rings. The van der Waals surface area contributed by atoms with Gasteiger partial charge in [-0.3, -0.25) is 0 Å². The molecule has 0 bridgehead atoms. The van der Waals surface area contributed by atoms with E-state index in [1.165, 1.54) is 0 Å². The van der Waals surface area contributed by atoms with E-state index in [2.05, 4.69) is 32.5 Å². The Labute approximate surface area is 103 Å². The van der Waals surface area contributed by atoms with Crippen LogP contribution in [0.3, 0.4) is 0 Å². The second-order valence-electron chi connectivity index (χ2n) is 2.94. The van der Waals surface area contributed by atoms with Crippen LogP contribution in [0.2, 0.25) is 0 Å². The molecule has 1 atom stereocenters. The maximum absolute atomic E-state index is 10.9. The van der Waals surface area contributed by atoms with E-state index in [9.17, 15) is 9.90 Å². The molecule has 1 aromatic carbocycles. The van der Waals surface area contributed by atoms with Gasteiger partial charge < -0.3 is 9.84 Å². The minimum Gasteiger partial charge on any atom is -0.456 e. The summed E-state index contributed by atoms with van der Waals surface area (Å²) in [5.74, 6) is 4.02. The smallest absolute Gasteiger partial charge is 0.384 e. The molecular weight excluding hydrogens is 272 g/mol. The van der Waals surface area contributed by atoms with Crippen molar-refractivity contribution in [1.29, 1.82) is 0 Å². The fraction of sp³-hybridized carbons (Fsp3) is 0.250. The van der Waals surface area contributed by atoms with Crippen molar-refractivity contribution in [3.63, 3.8) is 0 Å². The van der Waals surface area contributed by atoms with E-state index in [1.807, 2.05) is 0 Å². The second-order valence-corrected chi connectivity index (χ2v) is 3.86. The normalized spacial score (nSPS) is 11.2. The van der Waals surface area contributed by atoms with Crippen LogP contribution in [0.15, 0.2) is 28.7 Å². The van der Waals surface area contributed by atoms with Crippen molar-refractivity contribution in [1.82, 2.24) is 0 Å². The van der Waals surface area contributed by atoms with Crippen molar-refractivity contribution in [2.45, 2.75) is 13.0 Å². The van der Waals surface area contributed by atoms with Crippen LogP contribution in [-0.4, -0.2) is 17.7 Å². The molecule has 0 saturated carbocycles. The van der Waals surface area contributed by atoms with Crippen LogP contribution in [0, 0.1) is 11.8 Å². The summed E-state index contributed by atoms with van der Waals surface area (Å²) in [6, 6.07) is 7.05. The Bertz CT molecular complexity index is 414. The van der Waals surface area contributed by atoms with Crippen molar-refractivity contribution in [3.8, 4) is 11.8 Å². The van der Waals surface area contributed by atoms with Crippen molar-refractivity contribution in [3.05, 3.63) is 34.3 Å². The molecule has 16 heavy (non-hydrogen) atoms. The van der Waals surface area contributed by atoms with E-state index < -0.39 is 12.1 Å². The molecule has 0 amide bonds. The van der Waals surface area contributed by atoms with Gasteiger partial charge in [-0.15, -0.1) is 0 Å². The van der Waals surface area contributed by atoms with Gasteiger partial charge in [0.25, 0.3) is 0 Å². The molecule has 1 aromatic rings. The van der Waals surface area contributed by atoms with Crippen LogP contribution < -0.4 is 0 Å². The highest BCUT2D eigenvalue weighted by molar-refractivity contribution is 9.10. The third-order valence-electron chi connectivity index (χ3n) is 1.77. The molecule has 0 heterocycles. The second kappa shape index (κ2) is 6.31. The van der Waals surface area contributed by atoms with Gasteiger partial charge >= 0.3 is 5.97 Å². The zero-order chi connectivity index (χ0) is 12.0. The molecule has 1 rings (SSSR count). The lowest BCUT2D eigenvalue weighted by Gasteiger charge is -2.02. The van der Waals surface area contributed by atoms with Gasteiger partial charge in [0.05, 0.1) is 6.61 Å². The molecule has 0 aromatic heterocycles. The predicted octanol–water partition coefficient (Wildman–Crippen LogP) is 2.05. The van der Waals surface area contributed by atoms with Crippen molar-refractivity contribution in [2.24, 2.45) is 0 Å². The number of rotatable bonds is 2. The lowest BCUT2D eigenvalue weighted by atomic mass is 10.1. The maximum atomic E-state index is 10.9. The average molecular weight is 283 g/mol. The first-order valence-corrected chi connectivity index (χ1v) is 5.54. The third kappa shape index (κ3) is 4.05. The van der Waals surface area contributed by atoms with Crippen molar-refractivity contribution >= 4 is 21.9 Å². The fourth-order valence-corrected chi connectivity index (χ4v) is 1.29. The third-order valence-corrected chi connectivity index (χ3v) is 2.30. The first-order chi connectivity index (χ1) is 7.63. The van der Waals surface area contributed by atoms with E-state index >= 15 is 0 Å². The maximum Gasteiger partial charge on any atom is 0.384 e. The Morgan fingerprint density at radius 2 is 2.12 bits per heavy atom. The predicted molar refractivity (Wildman–Crippen MR) is 63.5 cm³/mol. The van der Waals surface area contributed by atoms with E-state index in [4.69, 9.17) is 0 Å². The molecule has 0 saturated heterocycles. The van der Waals surface area contributed by atoms with Gasteiger partial charge in [-0.1, -0.05) is 34.0 Å². The highest BCUT2D eigenvalue weighted by Gasteiger charge is 2.03. The van der Waals surface area contributed by atoms with Gasteiger partial charge in [0.15, 0.2) is 0 Å². The SMILES string of the molecule is CCOC(=O)C#C[C@@H](O)c1ccc(Br)cc1. The van der Waals surface area contributed by atoms with Crippen molar-refractivity contribution in [2.75, 3.05) is 6.61 Å². The molecule has 0 radical (unpaired) electrons. The Balaban J connectivity index is 2.68. The van der Waals surface area contributed by atoms with Gasteiger partial charge in [0.1, 0.15) is 6.10 Å². The summed E-state index contributed by atoms with van der Waals surface area (Å²) in [6.07, 6.45) is -0.975. The van der Waals surface area contributed by atoms with E-state index in [0.29, 0.717) is 5.56 Å². The Hall–Kier alpha value is -1.31. The minimum absolute atomic E-state index is 0.280. The van der Waals surface area contributed by atoms with Crippen molar-refractivity contribution < 1.29 is 14.6 Å². The molecule has 0 spiro atoms. The Morgan fingerprint density at radius 1 is 1.50 bits per heavy atom. The largest absolute Gasteiger partial charge is 0.456 e. The van der Waals surface area contributed by atoms with E-state index in [1.54, 1.807) is 31.2 Å². The standard InChI is InChI=1S/C12H11BrO3/c1-2-16-12(15)8-7-11(14)9-3-5-10(13)6-4-9/h3-6,11,14H,2H2,1H3/t11-/m1/s1. The number of esters is 1. The van der Waals surface area contributed by atoms with E-state index in [0.717, 1.165) is 4.47 Å². The number of carbonyl (C=O) groups excluding carboxylic acids is 1. The fourth-order valence-electron chi connectivity index (χ4n) is 1.02. The number of carbonyl (C=O) groups is 1. The monoisotopic (exact) mass is 282 g/mol. The molecule has 84 valence electrons. The van der Waals surface area contributed by atoms with Gasteiger partial charge in [-0.05, 0) is 24.6 Å². The Kier molecular flexibility index (Phi) is 5.03. The molecule has 3 nitrogen and oxygen atoms in total. The van der Waals surface area contributed by atoms with Crippen LogP contribution in [0.5, 0.6) is 0 Å². The van der Waals surface area contributed by atoms with Crippen LogP contribution in [-0.2, 0) is 9.53 Å². The quantitative estimate of drug-likeness (QED) is 0.513. The average Bonchev–Trinajstić information content (AvgIpc) is 2.27. The zero-order valence-corrected chi connectivity index (χ0v) is 10.3. The number of hydrogen-bond acceptors (Lipinski definition) is 3. The minimum atomic E-state index is -0.975. The number of benzene rings is 1. The summed E-state index contributed by atoms with van der Waals surface area (Å²) in [4.78, 5) is 10.9. The molecule has 4 heteroatoms. The highest BCUT2D eigenvalue weighted by atomic mass is 79.9. The number of hydrogen-bond donors (Lipinski definition) is 1. The number of halogens is 1. The summed E-state index contributed by atoms with van der Waals surface area (Å²) < 4.78 is 5.53. The topological polar surface area (TPSA) is 46.5 Å². The first kappa shape index (κ1) is 12.8. The van der Waals surface area contributed by atoms with Crippen LogP contribution in [0.4, 0.5) is 0 Å². The molecule has 1 N–H and O–H groups in total. The summed E-state index contributed by atoms with van der Waals surface area (Å²) in [5, 5.41) is 9.63. The summed E-state index contributed by atoms with van der Waals surface area (Å²) in [7, 11) is 0. The Morgan fingerprint density at radius 3 is 2.69 bits per heavy atom. The van der Waals surface area contributed by atoms with Crippen LogP contribution in [0.25, 0.3) is 0 Å². The van der Waals surface area contributed by atoms with Gasteiger partial charge in [0.2, 0.25) is 0 Å². The number of aliphatic hydroxyl groups is 1. The lowest BCUT2D eigenvalue weighted by Crippen LogP contribution is -2.01. The summed E-state index contributed by atoms with van der Waals surface area (Å²) in [6.45, 7) is 1.98. The summed E-state index contributed by atoms with van der Waals surface area (Å²) in [5.41, 5.74) is 0.639. The zero-order valence-electron chi connectivity index (χ0n) is 8.74. The molecule has 0 aliphatic carbocycles. The summed E-state index contributed by atoms with van der Waals surface area (Å²) >= 11 is 3.29. The molecule has 0 unspecified atom stereocenters. The molecular formula is C12H11BrO3. The first-order valence-electron chi connectivity index (χ1n) is 4.75. The lowest BCUT2D eigenvalue weighted by molar-refractivity contribution is -0.136. The van der Waals surface area contributed by atoms with Gasteiger partial charge in [0, 0.05) is 10.4 Å².